The number of fused-ring (bicyclic) bond motifs is 5. The number of thiophene rings is 1. The average Bonchev–Trinajstić information content (AvgIpc) is 3.26. The van der Waals surface area contributed by atoms with Crippen molar-refractivity contribution < 1.29 is 9.18 Å². The third kappa shape index (κ3) is 2.91. The number of Topliss-reactive ketones (excluding diaryl/α,β-unsaturated/α-hetero) is 1. The highest BCUT2D eigenvalue weighted by molar-refractivity contribution is 7.99. The smallest absolute Gasteiger partial charge is 0.197 e. The Labute approximate surface area is 169 Å². The van der Waals surface area contributed by atoms with Crippen LogP contribution >= 0.6 is 23.1 Å². The summed E-state index contributed by atoms with van der Waals surface area (Å²) in [5, 5.41) is 10.3. The molecule has 28 heavy (non-hydrogen) atoms. The van der Waals surface area contributed by atoms with Gasteiger partial charge in [-0.2, -0.15) is 0 Å². The number of ketones is 1. The summed E-state index contributed by atoms with van der Waals surface area (Å²) >= 11 is 3.00. The number of hydrogen-bond acceptors (Lipinski definition) is 6. The Balaban J connectivity index is 1.47. The third-order valence-electron chi connectivity index (χ3n) is 5.18. The summed E-state index contributed by atoms with van der Waals surface area (Å²) in [6.45, 7) is 2.29. The van der Waals surface area contributed by atoms with Gasteiger partial charge in [0.2, 0.25) is 0 Å². The van der Waals surface area contributed by atoms with Crippen LogP contribution in [0, 0.1) is 11.7 Å². The third-order valence-corrected chi connectivity index (χ3v) is 7.28. The van der Waals surface area contributed by atoms with E-state index >= 15 is 0 Å². The fourth-order valence-corrected chi connectivity index (χ4v) is 5.85. The van der Waals surface area contributed by atoms with E-state index in [1.807, 2.05) is 4.40 Å². The molecule has 1 aliphatic carbocycles. The van der Waals surface area contributed by atoms with Gasteiger partial charge in [-0.15, -0.1) is 21.5 Å². The monoisotopic (exact) mass is 412 g/mol. The van der Waals surface area contributed by atoms with Crippen LogP contribution in [-0.2, 0) is 12.8 Å². The maximum absolute atomic E-state index is 13.8. The van der Waals surface area contributed by atoms with Gasteiger partial charge >= 0.3 is 0 Å². The quantitative estimate of drug-likeness (QED) is 0.363. The van der Waals surface area contributed by atoms with E-state index < -0.39 is 5.82 Å². The number of thioether (sulfide) groups is 1. The molecule has 1 aromatic carbocycles. The minimum absolute atomic E-state index is 0.0963. The molecule has 4 aromatic rings. The SMILES string of the molecule is CC1CCc2c(sc3ncn4c(SCC(=O)c5ccccc5F)nnc4c23)C1. The van der Waals surface area contributed by atoms with Gasteiger partial charge in [-0.3, -0.25) is 9.20 Å². The second-order valence-electron chi connectivity index (χ2n) is 7.14. The van der Waals surface area contributed by atoms with Crippen molar-refractivity contribution in [2.75, 3.05) is 5.75 Å². The molecule has 0 spiro atoms. The first-order valence-corrected chi connectivity index (χ1v) is 11.0. The molecule has 142 valence electrons. The number of carbonyl (C=O) groups is 1. The highest BCUT2D eigenvalue weighted by Gasteiger charge is 2.24. The maximum atomic E-state index is 13.8. The van der Waals surface area contributed by atoms with E-state index in [9.17, 15) is 9.18 Å². The lowest BCUT2D eigenvalue weighted by molar-refractivity contribution is 0.101. The number of benzene rings is 1. The molecule has 0 amide bonds. The molecular formula is C20H17FN4OS2. The Kier molecular flexibility index (Phi) is 4.40. The van der Waals surface area contributed by atoms with Crippen molar-refractivity contribution in [1.82, 2.24) is 19.6 Å². The molecule has 3 aromatic heterocycles. The van der Waals surface area contributed by atoms with Crippen molar-refractivity contribution in [1.29, 1.82) is 0 Å². The molecule has 0 N–H and O–H groups in total. The number of nitrogens with zero attached hydrogens (tertiary/aromatic N) is 4. The Morgan fingerprint density at radius 1 is 1.36 bits per heavy atom. The van der Waals surface area contributed by atoms with Crippen molar-refractivity contribution in [2.24, 2.45) is 5.92 Å². The molecule has 3 heterocycles. The Hall–Kier alpha value is -2.32. The number of hydrogen-bond donors (Lipinski definition) is 0. The van der Waals surface area contributed by atoms with Crippen LogP contribution in [0.1, 0.15) is 34.1 Å². The van der Waals surface area contributed by atoms with E-state index in [1.165, 1.54) is 40.8 Å². The predicted octanol–water partition coefficient (Wildman–Crippen LogP) is 4.58. The van der Waals surface area contributed by atoms with Gasteiger partial charge in [-0.1, -0.05) is 30.8 Å². The molecule has 0 saturated carbocycles. The molecule has 0 aliphatic heterocycles. The first-order valence-electron chi connectivity index (χ1n) is 9.16. The van der Waals surface area contributed by atoms with Gasteiger partial charge in [0.05, 0.1) is 16.7 Å². The predicted molar refractivity (Wildman–Crippen MR) is 109 cm³/mol. The van der Waals surface area contributed by atoms with Crippen molar-refractivity contribution in [2.45, 2.75) is 31.3 Å². The molecule has 5 rings (SSSR count). The normalized spacial score (nSPS) is 16.6. The minimum atomic E-state index is -0.498. The van der Waals surface area contributed by atoms with Crippen LogP contribution in [0.2, 0.25) is 0 Å². The van der Waals surface area contributed by atoms with Crippen molar-refractivity contribution >= 4 is 44.7 Å². The van der Waals surface area contributed by atoms with Crippen LogP contribution in [0.15, 0.2) is 35.7 Å². The summed E-state index contributed by atoms with van der Waals surface area (Å²) in [5.41, 5.74) is 2.24. The molecule has 0 saturated heterocycles. The van der Waals surface area contributed by atoms with Gasteiger partial charge < -0.3 is 0 Å². The van der Waals surface area contributed by atoms with Gasteiger partial charge in [-0.05, 0) is 42.9 Å². The maximum Gasteiger partial charge on any atom is 0.197 e. The van der Waals surface area contributed by atoms with Crippen LogP contribution in [0.3, 0.4) is 0 Å². The zero-order valence-corrected chi connectivity index (χ0v) is 16.8. The number of halogens is 1. The summed E-state index contributed by atoms with van der Waals surface area (Å²) < 4.78 is 15.7. The van der Waals surface area contributed by atoms with Crippen LogP contribution in [0.5, 0.6) is 0 Å². The minimum Gasteiger partial charge on any atom is -0.293 e. The van der Waals surface area contributed by atoms with E-state index in [0.29, 0.717) is 11.1 Å². The first-order chi connectivity index (χ1) is 13.6. The second-order valence-corrected chi connectivity index (χ2v) is 9.17. The summed E-state index contributed by atoms with van der Waals surface area (Å²) in [6, 6.07) is 6.04. The molecule has 0 fully saturated rings. The first kappa shape index (κ1) is 17.8. The Morgan fingerprint density at radius 2 is 2.21 bits per heavy atom. The molecular weight excluding hydrogens is 395 g/mol. The van der Waals surface area contributed by atoms with E-state index in [0.717, 1.165) is 28.7 Å². The highest BCUT2D eigenvalue weighted by atomic mass is 32.2. The fourth-order valence-electron chi connectivity index (χ4n) is 3.71. The van der Waals surface area contributed by atoms with E-state index in [-0.39, 0.29) is 17.1 Å². The average molecular weight is 413 g/mol. The number of aromatic nitrogens is 4. The summed E-state index contributed by atoms with van der Waals surface area (Å²) in [5.74, 6) is 0.0291. The number of rotatable bonds is 4. The van der Waals surface area contributed by atoms with Gasteiger partial charge in [-0.25, -0.2) is 9.37 Å². The molecule has 5 nitrogen and oxygen atoms in total. The van der Waals surface area contributed by atoms with Gasteiger partial charge in [0.1, 0.15) is 17.0 Å². The van der Waals surface area contributed by atoms with Crippen LogP contribution < -0.4 is 0 Å². The van der Waals surface area contributed by atoms with Crippen LogP contribution in [0.4, 0.5) is 4.39 Å². The Bertz CT molecular complexity index is 1220. The lowest BCUT2D eigenvalue weighted by Crippen LogP contribution is -2.08. The number of carbonyl (C=O) groups excluding carboxylic acids is 1. The molecule has 1 aliphatic rings. The zero-order valence-electron chi connectivity index (χ0n) is 15.2. The summed E-state index contributed by atoms with van der Waals surface area (Å²) in [4.78, 5) is 19.4. The van der Waals surface area contributed by atoms with Crippen molar-refractivity contribution in [3.05, 3.63) is 52.4 Å². The van der Waals surface area contributed by atoms with Gasteiger partial charge in [0.15, 0.2) is 16.6 Å². The van der Waals surface area contributed by atoms with E-state index in [4.69, 9.17) is 0 Å². The number of aryl methyl sites for hydroxylation is 1. The molecule has 0 radical (unpaired) electrons. The molecule has 0 bridgehead atoms. The van der Waals surface area contributed by atoms with Crippen LogP contribution in [-0.4, -0.2) is 31.1 Å². The van der Waals surface area contributed by atoms with Crippen molar-refractivity contribution in [3.8, 4) is 0 Å². The molecule has 8 heteroatoms. The molecule has 1 unspecified atom stereocenters. The second kappa shape index (κ2) is 6.93. The van der Waals surface area contributed by atoms with Crippen LogP contribution in [0.25, 0.3) is 15.9 Å². The summed E-state index contributed by atoms with van der Waals surface area (Å²) in [7, 11) is 0. The topological polar surface area (TPSA) is 60.2 Å². The standard InChI is InChI=1S/C20H17FN4OS2/c1-11-6-7-13-16(8-11)28-19-17(13)18-23-24-20(25(18)10-22-19)27-9-15(26)12-4-2-3-5-14(12)21/h2-5,10-11H,6-9H2,1H3. The summed E-state index contributed by atoms with van der Waals surface area (Å²) in [6.07, 6.45) is 5.03. The highest BCUT2D eigenvalue weighted by Crippen LogP contribution is 2.39. The molecule has 1 atom stereocenters. The van der Waals surface area contributed by atoms with Gasteiger partial charge in [0.25, 0.3) is 0 Å². The van der Waals surface area contributed by atoms with E-state index in [1.54, 1.807) is 29.8 Å². The van der Waals surface area contributed by atoms with Crippen molar-refractivity contribution in [3.63, 3.8) is 0 Å². The zero-order chi connectivity index (χ0) is 19.3. The Morgan fingerprint density at radius 3 is 3.07 bits per heavy atom. The van der Waals surface area contributed by atoms with Gasteiger partial charge in [0, 0.05) is 4.88 Å². The largest absolute Gasteiger partial charge is 0.293 e. The lowest BCUT2D eigenvalue weighted by Gasteiger charge is -2.17. The fraction of sp³-hybridized carbons (Fsp3) is 0.300. The lowest BCUT2D eigenvalue weighted by atomic mass is 9.89. The van der Waals surface area contributed by atoms with E-state index in [2.05, 4.69) is 22.1 Å².